The smallest absolute Gasteiger partial charge is 0.409 e. The first kappa shape index (κ1) is 14.3. The van der Waals surface area contributed by atoms with Crippen molar-refractivity contribution in [1.29, 1.82) is 0 Å². The van der Waals surface area contributed by atoms with E-state index in [1.807, 2.05) is 0 Å². The third kappa shape index (κ3) is 4.21. The Kier molecular flexibility index (Phi) is 5.21. The number of amides is 1. The number of anilines is 1. The molecule has 6 nitrogen and oxygen atoms in total. The number of carbonyl (C=O) groups excluding carboxylic acids is 1. The van der Waals surface area contributed by atoms with E-state index in [1.54, 1.807) is 11.1 Å². The van der Waals surface area contributed by atoms with Gasteiger partial charge in [-0.3, -0.25) is 0 Å². The lowest BCUT2D eigenvalue weighted by Crippen LogP contribution is -2.38. The molecule has 2 heterocycles. The lowest BCUT2D eigenvalue weighted by molar-refractivity contribution is 0.0729. The number of nitrogens with zero attached hydrogens (tertiary/aromatic N) is 3. The number of carbonyl (C=O) groups is 1. The van der Waals surface area contributed by atoms with Crippen LogP contribution < -0.4 is 5.32 Å². The van der Waals surface area contributed by atoms with Crippen molar-refractivity contribution in [1.82, 2.24) is 14.9 Å². The van der Waals surface area contributed by atoms with Gasteiger partial charge in [0.1, 0.15) is 5.82 Å². The van der Waals surface area contributed by atoms with E-state index >= 15 is 0 Å². The van der Waals surface area contributed by atoms with Crippen molar-refractivity contribution < 1.29 is 9.53 Å². The fourth-order valence-corrected chi connectivity index (χ4v) is 2.21. The van der Waals surface area contributed by atoms with Crippen LogP contribution in [0.5, 0.6) is 0 Å². The van der Waals surface area contributed by atoms with Crippen molar-refractivity contribution in [2.45, 2.75) is 12.8 Å². The number of ether oxygens (including phenoxy) is 1. The zero-order valence-corrected chi connectivity index (χ0v) is 12.6. The van der Waals surface area contributed by atoms with Gasteiger partial charge in [-0.25, -0.2) is 9.78 Å². The highest BCUT2D eigenvalue weighted by molar-refractivity contribution is 9.10. The molecule has 0 unspecified atom stereocenters. The maximum absolute atomic E-state index is 11.4. The standard InChI is InChI=1S/C11H14BrClN4O2/c12-8-7-15-10(13)16-9(8)14-3-1-4-17-5-2-6-19-11(17)18/h7H,1-6H2,(H,14,15,16). The molecule has 2 rings (SSSR count). The molecule has 1 aliphatic rings. The molecule has 0 saturated carbocycles. The van der Waals surface area contributed by atoms with Crippen LogP contribution in [0.4, 0.5) is 10.6 Å². The Morgan fingerprint density at radius 2 is 2.42 bits per heavy atom. The molecule has 1 aromatic rings. The van der Waals surface area contributed by atoms with Gasteiger partial charge in [0.2, 0.25) is 5.28 Å². The second-order valence-electron chi connectivity index (χ2n) is 4.07. The molecule has 0 spiro atoms. The van der Waals surface area contributed by atoms with Crippen LogP contribution in [0.1, 0.15) is 12.8 Å². The summed E-state index contributed by atoms with van der Waals surface area (Å²) >= 11 is 9.06. The number of halogens is 2. The molecule has 0 bridgehead atoms. The fraction of sp³-hybridized carbons (Fsp3) is 0.545. The van der Waals surface area contributed by atoms with E-state index in [-0.39, 0.29) is 11.4 Å². The van der Waals surface area contributed by atoms with E-state index in [1.165, 1.54) is 0 Å². The Hall–Kier alpha value is -1.08. The van der Waals surface area contributed by atoms with Gasteiger partial charge in [0.25, 0.3) is 0 Å². The summed E-state index contributed by atoms with van der Waals surface area (Å²) in [6, 6.07) is 0. The fourth-order valence-electron chi connectivity index (χ4n) is 1.75. The lowest BCUT2D eigenvalue weighted by atomic mass is 10.3. The quantitative estimate of drug-likeness (QED) is 0.653. The van der Waals surface area contributed by atoms with Gasteiger partial charge in [0, 0.05) is 25.8 Å². The summed E-state index contributed by atoms with van der Waals surface area (Å²) in [7, 11) is 0. The number of hydrogen-bond donors (Lipinski definition) is 1. The lowest BCUT2D eigenvalue weighted by Gasteiger charge is -2.26. The molecule has 1 fully saturated rings. The Labute approximate surface area is 124 Å². The molecule has 0 aliphatic carbocycles. The van der Waals surface area contributed by atoms with Crippen molar-refractivity contribution in [2.75, 3.05) is 31.6 Å². The van der Waals surface area contributed by atoms with Gasteiger partial charge < -0.3 is 15.0 Å². The molecule has 1 amide bonds. The maximum Gasteiger partial charge on any atom is 0.409 e. The number of cyclic esters (lactones) is 1. The second kappa shape index (κ2) is 6.91. The molecule has 0 atom stereocenters. The molecule has 1 aliphatic heterocycles. The average Bonchev–Trinajstić information content (AvgIpc) is 2.40. The molecule has 0 radical (unpaired) electrons. The summed E-state index contributed by atoms with van der Waals surface area (Å²) in [5.74, 6) is 0.654. The molecule has 104 valence electrons. The summed E-state index contributed by atoms with van der Waals surface area (Å²) in [4.78, 5) is 21.0. The van der Waals surface area contributed by atoms with Crippen LogP contribution in [-0.2, 0) is 4.74 Å². The highest BCUT2D eigenvalue weighted by Crippen LogP contribution is 2.19. The van der Waals surface area contributed by atoms with E-state index in [0.717, 1.165) is 23.9 Å². The van der Waals surface area contributed by atoms with Gasteiger partial charge in [-0.1, -0.05) is 0 Å². The van der Waals surface area contributed by atoms with E-state index in [0.29, 0.717) is 25.5 Å². The zero-order chi connectivity index (χ0) is 13.7. The monoisotopic (exact) mass is 348 g/mol. The molecular weight excluding hydrogens is 336 g/mol. The van der Waals surface area contributed by atoms with E-state index in [2.05, 4.69) is 31.2 Å². The summed E-state index contributed by atoms with van der Waals surface area (Å²) in [5, 5.41) is 3.35. The van der Waals surface area contributed by atoms with Gasteiger partial charge in [-0.15, -0.1) is 0 Å². The van der Waals surface area contributed by atoms with Crippen molar-refractivity contribution >= 4 is 39.4 Å². The first-order chi connectivity index (χ1) is 9.16. The number of hydrogen-bond acceptors (Lipinski definition) is 5. The van der Waals surface area contributed by atoms with Gasteiger partial charge in [0.05, 0.1) is 11.1 Å². The van der Waals surface area contributed by atoms with Crippen LogP contribution in [0, 0.1) is 0 Å². The predicted molar refractivity (Wildman–Crippen MR) is 75.4 cm³/mol. The Bertz CT molecular complexity index is 460. The van der Waals surface area contributed by atoms with Crippen LogP contribution in [0.3, 0.4) is 0 Å². The first-order valence-corrected chi connectivity index (χ1v) is 7.17. The third-order valence-corrected chi connectivity index (χ3v) is 3.43. The minimum atomic E-state index is -0.225. The van der Waals surface area contributed by atoms with Crippen LogP contribution in [0.15, 0.2) is 10.7 Å². The predicted octanol–water partition coefficient (Wildman–Crippen LogP) is 2.54. The molecule has 0 aromatic carbocycles. The highest BCUT2D eigenvalue weighted by Gasteiger charge is 2.18. The number of aromatic nitrogens is 2. The molecule has 8 heteroatoms. The highest BCUT2D eigenvalue weighted by atomic mass is 79.9. The van der Waals surface area contributed by atoms with Crippen LogP contribution in [0.2, 0.25) is 5.28 Å². The topological polar surface area (TPSA) is 67.3 Å². The Balaban J connectivity index is 1.74. The Morgan fingerprint density at radius 3 is 3.21 bits per heavy atom. The van der Waals surface area contributed by atoms with Gasteiger partial charge >= 0.3 is 6.09 Å². The molecule has 1 aromatic heterocycles. The minimum absolute atomic E-state index is 0.199. The minimum Gasteiger partial charge on any atom is -0.449 e. The van der Waals surface area contributed by atoms with Crippen LogP contribution >= 0.6 is 27.5 Å². The van der Waals surface area contributed by atoms with Crippen molar-refractivity contribution in [3.05, 3.63) is 16.0 Å². The second-order valence-corrected chi connectivity index (χ2v) is 5.26. The zero-order valence-electron chi connectivity index (χ0n) is 10.2. The summed E-state index contributed by atoms with van der Waals surface area (Å²) in [5.41, 5.74) is 0. The third-order valence-electron chi connectivity index (χ3n) is 2.67. The Morgan fingerprint density at radius 1 is 1.58 bits per heavy atom. The van der Waals surface area contributed by atoms with Crippen molar-refractivity contribution in [3.8, 4) is 0 Å². The van der Waals surface area contributed by atoms with Crippen LogP contribution in [-0.4, -0.2) is 47.2 Å². The summed E-state index contributed by atoms with van der Waals surface area (Å²) in [6.45, 7) is 2.65. The van der Waals surface area contributed by atoms with Gasteiger partial charge in [-0.2, -0.15) is 4.98 Å². The van der Waals surface area contributed by atoms with Crippen LogP contribution in [0.25, 0.3) is 0 Å². The SMILES string of the molecule is O=C1OCCCN1CCCNc1nc(Cl)ncc1Br. The van der Waals surface area contributed by atoms with Gasteiger partial charge in [-0.05, 0) is 40.4 Å². The first-order valence-electron chi connectivity index (χ1n) is 6.00. The average molecular weight is 350 g/mol. The number of rotatable bonds is 5. The molecule has 1 N–H and O–H groups in total. The van der Waals surface area contributed by atoms with Crippen molar-refractivity contribution in [3.63, 3.8) is 0 Å². The van der Waals surface area contributed by atoms with Gasteiger partial charge in [0.15, 0.2) is 0 Å². The maximum atomic E-state index is 11.4. The molecule has 1 saturated heterocycles. The largest absolute Gasteiger partial charge is 0.449 e. The van der Waals surface area contributed by atoms with E-state index < -0.39 is 0 Å². The summed E-state index contributed by atoms with van der Waals surface area (Å²) < 4.78 is 5.72. The van der Waals surface area contributed by atoms with Crippen molar-refractivity contribution in [2.24, 2.45) is 0 Å². The normalized spacial score (nSPS) is 15.3. The van der Waals surface area contributed by atoms with E-state index in [9.17, 15) is 4.79 Å². The molecule has 19 heavy (non-hydrogen) atoms. The van der Waals surface area contributed by atoms with E-state index in [4.69, 9.17) is 16.3 Å². The number of nitrogens with one attached hydrogen (secondary N) is 1. The summed E-state index contributed by atoms with van der Waals surface area (Å²) in [6.07, 6.45) is 3.08. The molecular formula is C11H14BrClN4O2.